The summed E-state index contributed by atoms with van der Waals surface area (Å²) in [7, 11) is 1.45. The Bertz CT molecular complexity index is 348. The highest BCUT2D eigenvalue weighted by atomic mass is 16.5. The Morgan fingerprint density at radius 1 is 1.29 bits per heavy atom. The number of methoxy groups -OCH3 is 1. The van der Waals surface area contributed by atoms with Crippen molar-refractivity contribution in [3.63, 3.8) is 0 Å². The molecule has 4 heteroatoms. The predicted molar refractivity (Wildman–Crippen MR) is 85.0 cm³/mol. The average molecular weight is 296 g/mol. The molecular formula is C17H32N2O2. The normalized spacial score (nSPS) is 34.6. The van der Waals surface area contributed by atoms with Crippen LogP contribution in [0, 0.1) is 11.8 Å². The smallest absolute Gasteiger partial charge is 0.326 e. The fraction of sp³-hybridized carbons (Fsp3) is 0.941. The van der Waals surface area contributed by atoms with Crippen LogP contribution in [0.3, 0.4) is 0 Å². The van der Waals surface area contributed by atoms with Gasteiger partial charge in [-0.3, -0.25) is 4.79 Å². The van der Waals surface area contributed by atoms with E-state index in [-0.39, 0.29) is 11.9 Å². The van der Waals surface area contributed by atoms with Gasteiger partial charge in [-0.25, -0.2) is 0 Å². The number of ether oxygens (including phenoxy) is 1. The summed E-state index contributed by atoms with van der Waals surface area (Å²) in [6.07, 6.45) is 9.25. The SMILES string of the molecule is CCC1CCCN(CCC2CCCC2(N)C(=O)OC)CC1. The third-order valence-electron chi connectivity index (χ3n) is 5.75. The number of hydrogen-bond acceptors (Lipinski definition) is 4. The van der Waals surface area contributed by atoms with Crippen molar-refractivity contribution < 1.29 is 9.53 Å². The fourth-order valence-electron chi connectivity index (χ4n) is 4.16. The minimum Gasteiger partial charge on any atom is -0.468 e. The lowest BCUT2D eigenvalue weighted by molar-refractivity contribution is -0.148. The van der Waals surface area contributed by atoms with Gasteiger partial charge < -0.3 is 15.4 Å². The molecule has 2 N–H and O–H groups in total. The number of nitrogens with two attached hydrogens (primary N) is 1. The largest absolute Gasteiger partial charge is 0.468 e. The Morgan fingerprint density at radius 3 is 2.81 bits per heavy atom. The number of nitrogens with zero attached hydrogens (tertiary/aromatic N) is 1. The third-order valence-corrected chi connectivity index (χ3v) is 5.75. The minimum atomic E-state index is -0.730. The minimum absolute atomic E-state index is 0.216. The van der Waals surface area contributed by atoms with Crippen LogP contribution in [-0.4, -0.2) is 43.2 Å². The Morgan fingerprint density at radius 2 is 2.10 bits per heavy atom. The maximum absolute atomic E-state index is 12.0. The van der Waals surface area contributed by atoms with Gasteiger partial charge in [0.2, 0.25) is 0 Å². The molecule has 122 valence electrons. The molecule has 3 unspecified atom stereocenters. The molecule has 2 aliphatic rings. The molecule has 2 fully saturated rings. The molecule has 1 aliphatic carbocycles. The Labute approximate surface area is 129 Å². The van der Waals surface area contributed by atoms with Gasteiger partial charge in [0.1, 0.15) is 5.54 Å². The molecule has 3 atom stereocenters. The number of hydrogen-bond donors (Lipinski definition) is 1. The van der Waals surface area contributed by atoms with E-state index in [1.54, 1.807) is 0 Å². The number of carbonyl (C=O) groups is 1. The molecule has 21 heavy (non-hydrogen) atoms. The van der Waals surface area contributed by atoms with E-state index in [4.69, 9.17) is 10.5 Å². The number of likely N-dealkylation sites (tertiary alicyclic amines) is 1. The summed E-state index contributed by atoms with van der Waals surface area (Å²) in [5, 5.41) is 0. The van der Waals surface area contributed by atoms with Crippen LogP contribution in [0.1, 0.15) is 58.3 Å². The second-order valence-electron chi connectivity index (χ2n) is 6.96. The van der Waals surface area contributed by atoms with Gasteiger partial charge in [-0.1, -0.05) is 19.8 Å². The second kappa shape index (κ2) is 7.59. The highest BCUT2D eigenvalue weighted by molar-refractivity contribution is 5.81. The van der Waals surface area contributed by atoms with Gasteiger partial charge in [0, 0.05) is 0 Å². The third kappa shape index (κ3) is 3.98. The topological polar surface area (TPSA) is 55.6 Å². The van der Waals surface area contributed by atoms with Crippen molar-refractivity contribution in [2.24, 2.45) is 17.6 Å². The number of esters is 1. The molecule has 4 nitrogen and oxygen atoms in total. The van der Waals surface area contributed by atoms with E-state index < -0.39 is 5.54 Å². The molecule has 1 heterocycles. The van der Waals surface area contributed by atoms with Gasteiger partial charge in [-0.2, -0.15) is 0 Å². The van der Waals surface area contributed by atoms with E-state index in [1.807, 2.05) is 0 Å². The number of rotatable bonds is 5. The molecule has 1 aliphatic heterocycles. The average Bonchev–Trinajstić information content (AvgIpc) is 2.74. The number of carbonyl (C=O) groups excluding carboxylic acids is 1. The zero-order chi connectivity index (χ0) is 15.3. The molecule has 0 aromatic carbocycles. The molecular weight excluding hydrogens is 264 g/mol. The van der Waals surface area contributed by atoms with E-state index in [1.165, 1.54) is 45.9 Å². The van der Waals surface area contributed by atoms with Gasteiger partial charge in [-0.15, -0.1) is 0 Å². The molecule has 0 amide bonds. The molecule has 2 rings (SSSR count). The van der Waals surface area contributed by atoms with Gasteiger partial charge in [0.25, 0.3) is 0 Å². The summed E-state index contributed by atoms with van der Waals surface area (Å²) >= 11 is 0. The van der Waals surface area contributed by atoms with Gasteiger partial charge in [-0.05, 0) is 70.0 Å². The lowest BCUT2D eigenvalue weighted by atomic mass is 9.85. The lowest BCUT2D eigenvalue weighted by Gasteiger charge is -2.30. The van der Waals surface area contributed by atoms with Crippen LogP contribution in [-0.2, 0) is 9.53 Å². The Kier molecular flexibility index (Phi) is 6.06. The highest BCUT2D eigenvalue weighted by Gasteiger charge is 2.46. The zero-order valence-electron chi connectivity index (χ0n) is 13.8. The van der Waals surface area contributed by atoms with Crippen molar-refractivity contribution >= 4 is 5.97 Å². The molecule has 0 aromatic heterocycles. The van der Waals surface area contributed by atoms with Gasteiger partial charge in [0.15, 0.2) is 0 Å². The molecule has 0 bridgehead atoms. The van der Waals surface area contributed by atoms with Gasteiger partial charge in [0.05, 0.1) is 7.11 Å². The first-order valence-electron chi connectivity index (χ1n) is 8.69. The van der Waals surface area contributed by atoms with Crippen LogP contribution in [0.5, 0.6) is 0 Å². The van der Waals surface area contributed by atoms with E-state index in [9.17, 15) is 4.79 Å². The van der Waals surface area contributed by atoms with Crippen molar-refractivity contribution in [2.75, 3.05) is 26.7 Å². The maximum Gasteiger partial charge on any atom is 0.326 e. The van der Waals surface area contributed by atoms with Crippen LogP contribution >= 0.6 is 0 Å². The van der Waals surface area contributed by atoms with E-state index >= 15 is 0 Å². The lowest BCUT2D eigenvalue weighted by Crippen LogP contribution is -2.52. The van der Waals surface area contributed by atoms with E-state index in [2.05, 4.69) is 11.8 Å². The second-order valence-corrected chi connectivity index (χ2v) is 6.96. The van der Waals surface area contributed by atoms with Crippen molar-refractivity contribution in [3.8, 4) is 0 Å². The summed E-state index contributed by atoms with van der Waals surface area (Å²) in [6.45, 7) is 5.80. The van der Waals surface area contributed by atoms with E-state index in [0.29, 0.717) is 0 Å². The quantitative estimate of drug-likeness (QED) is 0.792. The van der Waals surface area contributed by atoms with Gasteiger partial charge >= 0.3 is 5.97 Å². The van der Waals surface area contributed by atoms with Crippen LogP contribution in [0.15, 0.2) is 0 Å². The summed E-state index contributed by atoms with van der Waals surface area (Å²) < 4.78 is 4.93. The first kappa shape index (κ1) is 16.8. The molecule has 0 radical (unpaired) electrons. The monoisotopic (exact) mass is 296 g/mol. The molecule has 0 spiro atoms. The van der Waals surface area contributed by atoms with Crippen molar-refractivity contribution in [1.29, 1.82) is 0 Å². The Hall–Kier alpha value is -0.610. The van der Waals surface area contributed by atoms with Crippen molar-refractivity contribution in [2.45, 2.75) is 63.8 Å². The molecule has 1 saturated carbocycles. The fourth-order valence-corrected chi connectivity index (χ4v) is 4.16. The predicted octanol–water partition coefficient (Wildman–Crippen LogP) is 2.56. The molecule has 0 aromatic rings. The van der Waals surface area contributed by atoms with Crippen molar-refractivity contribution in [3.05, 3.63) is 0 Å². The summed E-state index contributed by atoms with van der Waals surface area (Å²) in [5.41, 5.74) is 5.62. The van der Waals surface area contributed by atoms with Crippen LogP contribution in [0.25, 0.3) is 0 Å². The Balaban J connectivity index is 1.83. The van der Waals surface area contributed by atoms with Crippen LogP contribution < -0.4 is 5.73 Å². The molecule has 1 saturated heterocycles. The van der Waals surface area contributed by atoms with Crippen LogP contribution in [0.2, 0.25) is 0 Å². The summed E-state index contributed by atoms with van der Waals surface area (Å²) in [5.74, 6) is 0.979. The maximum atomic E-state index is 12.0. The first-order valence-corrected chi connectivity index (χ1v) is 8.69. The van der Waals surface area contributed by atoms with E-state index in [0.717, 1.165) is 38.1 Å². The van der Waals surface area contributed by atoms with Crippen molar-refractivity contribution in [1.82, 2.24) is 4.90 Å². The summed E-state index contributed by atoms with van der Waals surface area (Å²) in [4.78, 5) is 14.5. The summed E-state index contributed by atoms with van der Waals surface area (Å²) in [6, 6.07) is 0. The first-order chi connectivity index (χ1) is 10.1. The standard InChI is InChI=1S/C17H32N2O2/c1-3-14-6-5-11-19(12-8-14)13-9-15-7-4-10-17(15,18)16(20)21-2/h14-15H,3-13,18H2,1-2H3. The van der Waals surface area contributed by atoms with Crippen LogP contribution in [0.4, 0.5) is 0 Å². The highest BCUT2D eigenvalue weighted by Crippen LogP contribution is 2.37. The zero-order valence-corrected chi connectivity index (χ0v) is 13.8.